The number of aromatic nitrogens is 4. The highest BCUT2D eigenvalue weighted by atomic mass is 35.5. The minimum atomic E-state index is -3.73. The van der Waals surface area contributed by atoms with Crippen LogP contribution < -0.4 is 4.90 Å². The van der Waals surface area contributed by atoms with E-state index in [9.17, 15) is 13.2 Å². The lowest BCUT2D eigenvalue weighted by molar-refractivity contribution is 0.0704. The van der Waals surface area contributed by atoms with E-state index < -0.39 is 10.1 Å². The lowest BCUT2D eigenvalue weighted by Crippen LogP contribution is -2.40. The molecule has 0 radical (unpaired) electrons. The Hall–Kier alpha value is -3.48. The van der Waals surface area contributed by atoms with Gasteiger partial charge in [0.15, 0.2) is 5.58 Å². The van der Waals surface area contributed by atoms with Crippen molar-refractivity contribution in [2.24, 2.45) is 0 Å². The highest BCUT2D eigenvalue weighted by molar-refractivity contribution is 7.85. The van der Waals surface area contributed by atoms with Gasteiger partial charge in [0, 0.05) is 30.7 Å². The SMILES string of the molecule is CCCCCCCCCCCCS(=O)(=O)O.Cc1ccc(-n2nccn2)c(C(=O)N2CCN(c3nc4cc(Cl)ccc4o3)CC[C@H]2C)c1. The van der Waals surface area contributed by atoms with Crippen LogP contribution in [0.25, 0.3) is 16.8 Å². The molecule has 2 aromatic heterocycles. The van der Waals surface area contributed by atoms with Crippen molar-refractivity contribution in [1.82, 2.24) is 24.9 Å². The smallest absolute Gasteiger partial charge is 0.298 e. The summed E-state index contributed by atoms with van der Waals surface area (Å²) < 4.78 is 35.3. The van der Waals surface area contributed by atoms with Gasteiger partial charge in [0.1, 0.15) is 5.52 Å². The summed E-state index contributed by atoms with van der Waals surface area (Å²) in [5.74, 6) is -0.108. The first kappa shape index (κ1) is 37.3. The molecule has 0 bridgehead atoms. The van der Waals surface area contributed by atoms with E-state index in [-0.39, 0.29) is 17.7 Å². The van der Waals surface area contributed by atoms with Crippen molar-refractivity contribution in [1.29, 1.82) is 0 Å². The van der Waals surface area contributed by atoms with Crippen molar-refractivity contribution >= 4 is 44.7 Å². The maximum atomic E-state index is 13.6. The molecule has 1 N–H and O–H groups in total. The van der Waals surface area contributed by atoms with Crippen LogP contribution in [-0.2, 0) is 10.1 Å². The van der Waals surface area contributed by atoms with E-state index in [1.807, 2.05) is 36.1 Å². The summed E-state index contributed by atoms with van der Waals surface area (Å²) in [7, 11) is -3.73. The predicted octanol–water partition coefficient (Wildman–Crippen LogP) is 7.91. The van der Waals surface area contributed by atoms with Crippen molar-refractivity contribution in [3.63, 3.8) is 0 Å². The molecule has 11 nitrogen and oxygen atoms in total. The number of rotatable bonds is 14. The fourth-order valence-electron chi connectivity index (χ4n) is 5.84. The maximum Gasteiger partial charge on any atom is 0.298 e. The van der Waals surface area contributed by atoms with Crippen LogP contribution in [0.5, 0.6) is 0 Å². The lowest BCUT2D eigenvalue weighted by Gasteiger charge is -2.27. The molecule has 0 spiro atoms. The number of oxazole rings is 1. The number of aryl methyl sites for hydroxylation is 1. The zero-order valence-corrected chi connectivity index (χ0v) is 29.9. The summed E-state index contributed by atoms with van der Waals surface area (Å²) in [6.07, 6.45) is 15.7. The molecule has 1 saturated heterocycles. The Morgan fingerprint density at radius 1 is 0.938 bits per heavy atom. The summed E-state index contributed by atoms with van der Waals surface area (Å²) in [5, 5.41) is 9.06. The van der Waals surface area contributed by atoms with Crippen molar-refractivity contribution in [3.05, 3.63) is 64.9 Å². The van der Waals surface area contributed by atoms with Crippen LogP contribution in [-0.4, -0.2) is 75.2 Å². The molecule has 13 heteroatoms. The Kier molecular flexibility index (Phi) is 14.3. The number of amides is 1. The zero-order valence-electron chi connectivity index (χ0n) is 28.4. The van der Waals surface area contributed by atoms with Crippen molar-refractivity contribution < 1.29 is 22.2 Å². The van der Waals surface area contributed by atoms with Crippen molar-refractivity contribution in [3.8, 4) is 5.69 Å². The molecule has 0 aliphatic carbocycles. The first-order valence-corrected chi connectivity index (χ1v) is 19.1. The number of anilines is 1. The van der Waals surface area contributed by atoms with E-state index in [2.05, 4.69) is 33.9 Å². The van der Waals surface area contributed by atoms with Crippen molar-refractivity contribution in [2.75, 3.05) is 30.3 Å². The maximum absolute atomic E-state index is 13.6. The summed E-state index contributed by atoms with van der Waals surface area (Å²) in [5.41, 5.74) is 3.71. The van der Waals surface area contributed by atoms with Crippen LogP contribution in [0.15, 0.2) is 53.2 Å². The number of nitrogens with zero attached hydrogens (tertiary/aromatic N) is 6. The number of unbranched alkanes of at least 4 members (excludes halogenated alkanes) is 9. The molecular formula is C35H49ClN6O5S. The monoisotopic (exact) mass is 700 g/mol. The summed E-state index contributed by atoms with van der Waals surface area (Å²) in [4.78, 5) is 23.7. The fourth-order valence-corrected chi connectivity index (χ4v) is 6.57. The average molecular weight is 701 g/mol. The van der Waals surface area contributed by atoms with Gasteiger partial charge in [-0.2, -0.15) is 28.4 Å². The van der Waals surface area contributed by atoms with Crippen LogP contribution in [0.2, 0.25) is 5.02 Å². The van der Waals surface area contributed by atoms with Gasteiger partial charge in [-0.05, 0) is 57.0 Å². The molecule has 1 aliphatic rings. The number of halogens is 1. The highest BCUT2D eigenvalue weighted by Gasteiger charge is 2.29. The van der Waals surface area contributed by atoms with E-state index >= 15 is 0 Å². The van der Waals surface area contributed by atoms with Gasteiger partial charge >= 0.3 is 0 Å². The van der Waals surface area contributed by atoms with Gasteiger partial charge in [-0.15, -0.1) is 0 Å². The molecular weight excluding hydrogens is 652 g/mol. The second-order valence-electron chi connectivity index (χ2n) is 12.5. The molecule has 48 heavy (non-hydrogen) atoms. The normalized spacial score (nSPS) is 15.3. The molecule has 3 heterocycles. The molecule has 1 aliphatic heterocycles. The molecule has 5 rings (SSSR count). The number of carbonyl (C=O) groups excluding carboxylic acids is 1. The standard InChI is InChI=1S/C23H23ClN6O2.C12H26O3S/c1-15-3-5-20(30-25-8-9-26-30)18(13-15)22(31)29-12-11-28(10-7-16(29)2)23-27-19-14-17(24)4-6-21(19)32-23;1-2-3-4-5-6-7-8-9-10-11-12-16(13,14)15/h3-6,8-9,13-14,16H,7,10-12H2,1-2H3;2-12H2,1H3,(H,13,14,15)/t16-;/m1./s1. The van der Waals surface area contributed by atoms with E-state index in [0.29, 0.717) is 47.4 Å². The zero-order chi connectivity index (χ0) is 34.5. The molecule has 262 valence electrons. The van der Waals surface area contributed by atoms with E-state index in [1.165, 1.54) is 49.7 Å². The largest absolute Gasteiger partial charge is 0.423 e. The minimum Gasteiger partial charge on any atom is -0.423 e. The Morgan fingerprint density at radius 2 is 1.60 bits per heavy atom. The van der Waals surface area contributed by atoms with Crippen LogP contribution in [0, 0.1) is 6.92 Å². The van der Waals surface area contributed by atoms with Crippen LogP contribution in [0.1, 0.15) is 100 Å². The summed E-state index contributed by atoms with van der Waals surface area (Å²) in [6, 6.07) is 11.8. The van der Waals surface area contributed by atoms with Gasteiger partial charge in [-0.25, -0.2) is 0 Å². The van der Waals surface area contributed by atoms with Gasteiger partial charge in [-0.3, -0.25) is 9.35 Å². The number of hydrogen-bond donors (Lipinski definition) is 1. The minimum absolute atomic E-state index is 0.0281. The molecule has 1 fully saturated rings. The van der Waals surface area contributed by atoms with Gasteiger partial charge < -0.3 is 14.2 Å². The fraction of sp³-hybridized carbons (Fsp3) is 0.543. The van der Waals surface area contributed by atoms with Crippen molar-refractivity contribution in [2.45, 2.75) is 97.4 Å². The third-order valence-electron chi connectivity index (χ3n) is 8.60. The number of hydrogen-bond acceptors (Lipinski definition) is 8. The third kappa shape index (κ3) is 11.3. The summed E-state index contributed by atoms with van der Waals surface area (Å²) >= 11 is 6.08. The quantitative estimate of drug-likeness (QED) is 0.103. The van der Waals surface area contributed by atoms with Crippen LogP contribution in [0.4, 0.5) is 6.01 Å². The Bertz CT molecular complexity index is 1690. The summed E-state index contributed by atoms with van der Waals surface area (Å²) in [6.45, 7) is 8.19. The van der Waals surface area contributed by atoms with Gasteiger partial charge in [0.2, 0.25) is 0 Å². The Balaban J connectivity index is 0.000000277. The van der Waals surface area contributed by atoms with E-state index in [0.717, 1.165) is 36.9 Å². The Morgan fingerprint density at radius 3 is 2.27 bits per heavy atom. The van der Waals surface area contributed by atoms with Gasteiger partial charge in [-0.1, -0.05) is 87.9 Å². The molecule has 1 amide bonds. The second kappa shape index (κ2) is 18.3. The van der Waals surface area contributed by atoms with Crippen LogP contribution in [0.3, 0.4) is 0 Å². The highest BCUT2D eigenvalue weighted by Crippen LogP contribution is 2.27. The molecule has 0 unspecified atom stereocenters. The predicted molar refractivity (Wildman–Crippen MR) is 191 cm³/mol. The van der Waals surface area contributed by atoms with Crippen LogP contribution >= 0.6 is 11.6 Å². The first-order chi connectivity index (χ1) is 23.1. The average Bonchev–Trinajstić information content (AvgIpc) is 3.69. The first-order valence-electron chi connectivity index (χ1n) is 17.1. The third-order valence-corrected chi connectivity index (χ3v) is 9.64. The number of fused-ring (bicyclic) bond motifs is 1. The topological polar surface area (TPSA) is 135 Å². The molecule has 2 aromatic carbocycles. The lowest BCUT2D eigenvalue weighted by atomic mass is 10.1. The molecule has 4 aromatic rings. The Labute approximate surface area is 289 Å². The van der Waals surface area contributed by atoms with Gasteiger partial charge in [0.25, 0.3) is 22.0 Å². The number of carbonyl (C=O) groups is 1. The van der Waals surface area contributed by atoms with E-state index in [4.69, 9.17) is 20.6 Å². The molecule has 1 atom stereocenters. The van der Waals surface area contributed by atoms with E-state index in [1.54, 1.807) is 24.5 Å². The second-order valence-corrected chi connectivity index (χ2v) is 14.5. The molecule has 0 saturated carbocycles. The number of benzene rings is 2. The van der Waals surface area contributed by atoms with Gasteiger partial charge in [0.05, 0.1) is 29.4 Å².